The number of pyridine rings is 1. The van der Waals surface area contributed by atoms with Crippen LogP contribution in [0.2, 0.25) is 0 Å². The van der Waals surface area contributed by atoms with Crippen LogP contribution in [0.3, 0.4) is 0 Å². The summed E-state index contributed by atoms with van der Waals surface area (Å²) >= 11 is 0. The Kier molecular flexibility index (Phi) is 3.60. The van der Waals surface area contributed by atoms with E-state index in [4.69, 9.17) is 0 Å². The Labute approximate surface area is 122 Å². The van der Waals surface area contributed by atoms with Gasteiger partial charge < -0.3 is 5.32 Å². The Balaban J connectivity index is 1.95. The van der Waals surface area contributed by atoms with Crippen molar-refractivity contribution in [2.45, 2.75) is 23.8 Å². The molecule has 1 amide bonds. The Morgan fingerprint density at radius 3 is 2.86 bits per heavy atom. The van der Waals surface area contributed by atoms with E-state index in [1.165, 1.54) is 12.3 Å². The first-order valence-electron chi connectivity index (χ1n) is 6.72. The minimum Gasteiger partial charge on any atom is -0.306 e. The third kappa shape index (κ3) is 2.74. The first-order valence-corrected chi connectivity index (χ1v) is 8.20. The monoisotopic (exact) mass is 305 g/mol. The molecule has 3 rings (SSSR count). The van der Waals surface area contributed by atoms with Crippen LogP contribution in [0.1, 0.15) is 12.8 Å². The van der Waals surface area contributed by atoms with Crippen molar-refractivity contribution in [2.24, 2.45) is 0 Å². The summed E-state index contributed by atoms with van der Waals surface area (Å²) in [6.07, 6.45) is 3.05. The van der Waals surface area contributed by atoms with Crippen LogP contribution >= 0.6 is 0 Å². The van der Waals surface area contributed by atoms with Gasteiger partial charge in [-0.1, -0.05) is 18.2 Å². The fourth-order valence-corrected chi connectivity index (χ4v) is 3.66. The zero-order chi connectivity index (χ0) is 14.9. The smallest absolute Gasteiger partial charge is 0.266 e. The molecule has 6 nitrogen and oxygen atoms in total. The van der Waals surface area contributed by atoms with Gasteiger partial charge in [0.25, 0.3) is 15.9 Å². The molecule has 0 radical (unpaired) electrons. The van der Waals surface area contributed by atoms with Crippen molar-refractivity contribution in [2.75, 3.05) is 6.54 Å². The maximum atomic E-state index is 12.4. The summed E-state index contributed by atoms with van der Waals surface area (Å²) < 4.78 is 27.0. The standard InChI is InChI=1S/C14H15N3O3S/c18-14(11-6-3-8-15-11)17-21(19,20)12-7-1-4-10-5-2-9-16-13(10)12/h1-2,4-5,7,9,11,15H,3,6,8H2,(H,17,18). The quantitative estimate of drug-likeness (QED) is 0.875. The van der Waals surface area contributed by atoms with Gasteiger partial charge in [-0.2, -0.15) is 0 Å². The normalized spacial score (nSPS) is 18.8. The van der Waals surface area contributed by atoms with E-state index in [1.807, 2.05) is 0 Å². The molecule has 21 heavy (non-hydrogen) atoms. The van der Waals surface area contributed by atoms with Crippen LogP contribution < -0.4 is 10.0 Å². The highest BCUT2D eigenvalue weighted by Crippen LogP contribution is 2.20. The zero-order valence-corrected chi connectivity index (χ0v) is 12.1. The maximum Gasteiger partial charge on any atom is 0.266 e. The molecule has 1 aliphatic rings. The van der Waals surface area contributed by atoms with E-state index in [2.05, 4.69) is 15.0 Å². The van der Waals surface area contributed by atoms with Gasteiger partial charge in [0.2, 0.25) is 0 Å². The molecule has 0 saturated carbocycles. The summed E-state index contributed by atoms with van der Waals surface area (Å²) in [5.41, 5.74) is 0.361. The minimum absolute atomic E-state index is 0.0203. The molecular weight excluding hydrogens is 290 g/mol. The first-order chi connectivity index (χ1) is 10.1. The van der Waals surface area contributed by atoms with E-state index in [0.29, 0.717) is 17.3 Å². The number of nitrogens with one attached hydrogen (secondary N) is 2. The van der Waals surface area contributed by atoms with Crippen molar-refractivity contribution in [3.8, 4) is 0 Å². The van der Waals surface area contributed by atoms with E-state index in [0.717, 1.165) is 13.0 Å². The maximum absolute atomic E-state index is 12.4. The van der Waals surface area contributed by atoms with Crippen LogP contribution in [0.15, 0.2) is 41.4 Å². The number of aromatic nitrogens is 1. The molecule has 0 bridgehead atoms. The molecule has 7 heteroatoms. The summed E-state index contributed by atoms with van der Waals surface area (Å²) in [5, 5.41) is 3.69. The number of hydrogen-bond acceptors (Lipinski definition) is 5. The molecule has 1 aromatic carbocycles. The van der Waals surface area contributed by atoms with Gasteiger partial charge in [0.05, 0.1) is 11.6 Å². The molecule has 2 aromatic rings. The number of nitrogens with zero attached hydrogens (tertiary/aromatic N) is 1. The predicted molar refractivity (Wildman–Crippen MR) is 78.1 cm³/mol. The van der Waals surface area contributed by atoms with Gasteiger partial charge in [0.15, 0.2) is 0 Å². The molecule has 1 atom stereocenters. The van der Waals surface area contributed by atoms with E-state index in [9.17, 15) is 13.2 Å². The largest absolute Gasteiger partial charge is 0.306 e. The van der Waals surface area contributed by atoms with Gasteiger partial charge in [0.1, 0.15) is 4.90 Å². The summed E-state index contributed by atoms with van der Waals surface area (Å²) in [4.78, 5) is 16.1. The molecule has 1 fully saturated rings. The number of benzene rings is 1. The molecule has 0 spiro atoms. The second-order valence-electron chi connectivity index (χ2n) is 4.95. The van der Waals surface area contributed by atoms with E-state index in [-0.39, 0.29) is 4.90 Å². The third-order valence-electron chi connectivity index (χ3n) is 3.50. The fourth-order valence-electron chi connectivity index (χ4n) is 2.46. The van der Waals surface area contributed by atoms with Crippen molar-refractivity contribution < 1.29 is 13.2 Å². The Morgan fingerprint density at radius 2 is 2.10 bits per heavy atom. The first kappa shape index (κ1) is 14.0. The van der Waals surface area contributed by atoms with Gasteiger partial charge in [0, 0.05) is 11.6 Å². The Bertz CT molecular complexity index is 778. The number of hydrogen-bond donors (Lipinski definition) is 2. The topological polar surface area (TPSA) is 88.2 Å². The molecule has 110 valence electrons. The molecule has 1 saturated heterocycles. The van der Waals surface area contributed by atoms with Gasteiger partial charge in [-0.25, -0.2) is 13.1 Å². The summed E-state index contributed by atoms with van der Waals surface area (Å²) in [6, 6.07) is 7.94. The van der Waals surface area contributed by atoms with E-state index >= 15 is 0 Å². The van der Waals surface area contributed by atoms with Gasteiger partial charge in [-0.15, -0.1) is 0 Å². The van der Waals surface area contributed by atoms with Crippen LogP contribution in [0.25, 0.3) is 10.9 Å². The third-order valence-corrected chi connectivity index (χ3v) is 4.88. The van der Waals surface area contributed by atoms with Crippen molar-refractivity contribution in [3.05, 3.63) is 36.5 Å². The lowest BCUT2D eigenvalue weighted by molar-refractivity contribution is -0.121. The minimum atomic E-state index is -3.93. The molecule has 1 unspecified atom stereocenters. The predicted octanol–water partition coefficient (Wildman–Crippen LogP) is 0.792. The lowest BCUT2D eigenvalue weighted by Gasteiger charge is -2.12. The number of sulfonamides is 1. The molecular formula is C14H15N3O3S. The Hall–Kier alpha value is -1.99. The highest BCUT2D eigenvalue weighted by Gasteiger charge is 2.27. The average Bonchev–Trinajstić information content (AvgIpc) is 3.00. The van der Waals surface area contributed by atoms with Crippen molar-refractivity contribution in [1.82, 2.24) is 15.0 Å². The highest BCUT2D eigenvalue weighted by molar-refractivity contribution is 7.90. The second kappa shape index (κ2) is 5.42. The van der Waals surface area contributed by atoms with Crippen LogP contribution in [-0.2, 0) is 14.8 Å². The van der Waals surface area contributed by atoms with Crippen LogP contribution in [-0.4, -0.2) is 31.9 Å². The Morgan fingerprint density at radius 1 is 1.29 bits per heavy atom. The molecule has 2 heterocycles. The number of rotatable bonds is 3. The second-order valence-corrected chi connectivity index (χ2v) is 6.60. The van der Waals surface area contributed by atoms with Gasteiger partial charge in [-0.3, -0.25) is 9.78 Å². The lowest BCUT2D eigenvalue weighted by Crippen LogP contribution is -2.43. The number of carbonyl (C=O) groups is 1. The van der Waals surface area contributed by atoms with Crippen LogP contribution in [0, 0.1) is 0 Å². The molecule has 0 aliphatic carbocycles. The number of carbonyl (C=O) groups excluding carboxylic acids is 1. The SMILES string of the molecule is O=C(NS(=O)(=O)c1cccc2cccnc12)C1CCCN1. The number of amides is 1. The number of fused-ring (bicyclic) bond motifs is 1. The van der Waals surface area contributed by atoms with Crippen molar-refractivity contribution in [1.29, 1.82) is 0 Å². The summed E-state index contributed by atoms with van der Waals surface area (Å²) in [6.45, 7) is 0.730. The van der Waals surface area contributed by atoms with Crippen LogP contribution in [0.4, 0.5) is 0 Å². The molecule has 1 aliphatic heterocycles. The molecule has 2 N–H and O–H groups in total. The number of para-hydroxylation sites is 1. The fraction of sp³-hybridized carbons (Fsp3) is 0.286. The van der Waals surface area contributed by atoms with E-state index in [1.54, 1.807) is 24.3 Å². The summed E-state index contributed by atoms with van der Waals surface area (Å²) in [5.74, 6) is -0.513. The summed E-state index contributed by atoms with van der Waals surface area (Å²) in [7, 11) is -3.93. The van der Waals surface area contributed by atoms with Crippen molar-refractivity contribution in [3.63, 3.8) is 0 Å². The van der Waals surface area contributed by atoms with E-state index < -0.39 is 22.0 Å². The van der Waals surface area contributed by atoms with Gasteiger partial charge in [-0.05, 0) is 31.5 Å². The van der Waals surface area contributed by atoms with Gasteiger partial charge >= 0.3 is 0 Å². The lowest BCUT2D eigenvalue weighted by atomic mass is 10.2. The molecule has 1 aromatic heterocycles. The van der Waals surface area contributed by atoms with Crippen LogP contribution in [0.5, 0.6) is 0 Å². The highest BCUT2D eigenvalue weighted by atomic mass is 32.2. The average molecular weight is 305 g/mol. The van der Waals surface area contributed by atoms with Crippen molar-refractivity contribution >= 4 is 26.8 Å². The zero-order valence-electron chi connectivity index (χ0n) is 11.2.